The first-order chi connectivity index (χ1) is 8.76. The van der Waals surface area contributed by atoms with Crippen molar-refractivity contribution < 1.29 is 14.3 Å². The van der Waals surface area contributed by atoms with Crippen LogP contribution in [0.4, 0.5) is 0 Å². The maximum absolute atomic E-state index is 11.4. The molecule has 0 radical (unpaired) electrons. The fourth-order valence-corrected chi connectivity index (χ4v) is 2.53. The molecule has 1 aromatic heterocycles. The Bertz CT molecular complexity index is 488. The maximum Gasteiger partial charge on any atom is 0.331 e. The molecular weight excluding hydrogens is 330 g/mol. The molecule has 0 aliphatic heterocycles. The third-order valence-corrected chi connectivity index (χ3v) is 3.43. The summed E-state index contributed by atoms with van der Waals surface area (Å²) in [6.45, 7) is 5.32. The minimum atomic E-state index is -0.534. The number of thiophene rings is 1. The Morgan fingerprint density at radius 2 is 2.11 bits per heavy atom. The number of carbonyl (C=O) groups excluding carboxylic acids is 2. The fourth-order valence-electron chi connectivity index (χ4n) is 1.21. The van der Waals surface area contributed by atoms with Gasteiger partial charge in [-0.3, -0.25) is 4.79 Å². The summed E-state index contributed by atoms with van der Waals surface area (Å²) in [5.74, 6) is -0.846. The first kappa shape index (κ1) is 15.9. The third kappa shape index (κ3) is 7.12. The molecule has 6 heteroatoms. The van der Waals surface area contributed by atoms with E-state index in [-0.39, 0.29) is 18.1 Å². The summed E-state index contributed by atoms with van der Waals surface area (Å²) < 4.78 is 5.82. The van der Waals surface area contributed by atoms with E-state index in [4.69, 9.17) is 4.74 Å². The predicted octanol–water partition coefficient (Wildman–Crippen LogP) is 2.98. The third-order valence-electron chi connectivity index (χ3n) is 1.84. The first-order valence-corrected chi connectivity index (χ1v) is 7.28. The molecule has 1 aromatic rings. The normalized spacial score (nSPS) is 11.6. The molecule has 104 valence electrons. The molecule has 19 heavy (non-hydrogen) atoms. The Labute approximate surface area is 125 Å². The van der Waals surface area contributed by atoms with Crippen molar-refractivity contribution in [3.8, 4) is 0 Å². The van der Waals surface area contributed by atoms with Crippen molar-refractivity contribution in [2.45, 2.75) is 26.3 Å². The lowest BCUT2D eigenvalue weighted by Crippen LogP contribution is -2.42. The van der Waals surface area contributed by atoms with Crippen molar-refractivity contribution in [3.05, 3.63) is 26.9 Å². The molecule has 0 saturated heterocycles. The Hall–Kier alpha value is -1.14. The zero-order chi connectivity index (χ0) is 14.5. The van der Waals surface area contributed by atoms with Crippen LogP contribution in [0.1, 0.15) is 25.6 Å². The van der Waals surface area contributed by atoms with E-state index < -0.39 is 5.97 Å². The molecule has 1 rings (SSSR count). The van der Waals surface area contributed by atoms with Crippen LogP contribution in [0.2, 0.25) is 0 Å². The highest BCUT2D eigenvalue weighted by atomic mass is 79.9. The summed E-state index contributed by atoms with van der Waals surface area (Å²) in [6.07, 6.45) is 2.96. The summed E-state index contributed by atoms with van der Waals surface area (Å²) in [6, 6.07) is 3.78. The minimum Gasteiger partial charge on any atom is -0.452 e. The fraction of sp³-hybridized carbons (Fsp3) is 0.385. The number of carbonyl (C=O) groups is 2. The van der Waals surface area contributed by atoms with Crippen LogP contribution in [0.3, 0.4) is 0 Å². The van der Waals surface area contributed by atoms with Gasteiger partial charge >= 0.3 is 5.97 Å². The van der Waals surface area contributed by atoms with Gasteiger partial charge < -0.3 is 10.1 Å². The molecule has 1 heterocycles. The van der Waals surface area contributed by atoms with Crippen LogP contribution in [0, 0.1) is 0 Å². The van der Waals surface area contributed by atoms with E-state index in [1.807, 2.05) is 32.9 Å². The minimum absolute atomic E-state index is 0.269. The van der Waals surface area contributed by atoms with Crippen LogP contribution < -0.4 is 5.32 Å². The molecular formula is C13H16BrNO3S. The van der Waals surface area contributed by atoms with E-state index in [0.29, 0.717) is 0 Å². The van der Waals surface area contributed by atoms with E-state index in [1.54, 1.807) is 6.08 Å². The summed E-state index contributed by atoms with van der Waals surface area (Å²) in [4.78, 5) is 23.8. The van der Waals surface area contributed by atoms with Gasteiger partial charge in [0.2, 0.25) is 0 Å². The van der Waals surface area contributed by atoms with Crippen molar-refractivity contribution in [1.29, 1.82) is 0 Å². The summed E-state index contributed by atoms with van der Waals surface area (Å²) in [5.41, 5.74) is -0.331. The summed E-state index contributed by atoms with van der Waals surface area (Å²) in [5, 5.41) is 2.71. The lowest BCUT2D eigenvalue weighted by Gasteiger charge is -2.20. The van der Waals surface area contributed by atoms with E-state index in [9.17, 15) is 9.59 Å². The second kappa shape index (κ2) is 6.86. The standard InChI is InChI=1S/C13H16BrNO3S/c1-13(2,3)15-11(16)8-18-12(17)7-5-9-4-6-10(14)19-9/h4-7H,8H2,1-3H3,(H,15,16)/b7-5+. The van der Waals surface area contributed by atoms with E-state index in [0.717, 1.165) is 8.66 Å². The van der Waals surface area contributed by atoms with Crippen LogP contribution in [0.15, 0.2) is 22.0 Å². The van der Waals surface area contributed by atoms with Gasteiger partial charge in [-0.2, -0.15) is 0 Å². The molecule has 0 aromatic carbocycles. The van der Waals surface area contributed by atoms with Gasteiger partial charge in [0.15, 0.2) is 6.61 Å². The number of hydrogen-bond acceptors (Lipinski definition) is 4. The van der Waals surface area contributed by atoms with Gasteiger partial charge in [-0.05, 0) is 54.9 Å². The highest BCUT2D eigenvalue weighted by molar-refractivity contribution is 9.11. The van der Waals surface area contributed by atoms with Crippen molar-refractivity contribution in [2.24, 2.45) is 0 Å². The number of rotatable bonds is 4. The predicted molar refractivity (Wildman–Crippen MR) is 79.9 cm³/mol. The van der Waals surface area contributed by atoms with E-state index in [1.165, 1.54) is 17.4 Å². The van der Waals surface area contributed by atoms with Crippen LogP contribution in [0.5, 0.6) is 0 Å². The molecule has 0 bridgehead atoms. The zero-order valence-corrected chi connectivity index (χ0v) is 13.4. The lowest BCUT2D eigenvalue weighted by atomic mass is 10.1. The smallest absolute Gasteiger partial charge is 0.331 e. The van der Waals surface area contributed by atoms with E-state index in [2.05, 4.69) is 21.2 Å². The first-order valence-electron chi connectivity index (χ1n) is 5.67. The van der Waals surface area contributed by atoms with Crippen molar-refractivity contribution in [3.63, 3.8) is 0 Å². The number of nitrogens with one attached hydrogen (secondary N) is 1. The van der Waals surface area contributed by atoms with Gasteiger partial charge in [0, 0.05) is 16.5 Å². The highest BCUT2D eigenvalue weighted by Gasteiger charge is 2.14. The molecule has 0 atom stereocenters. The summed E-state index contributed by atoms with van der Waals surface area (Å²) in [7, 11) is 0. The largest absolute Gasteiger partial charge is 0.452 e. The topological polar surface area (TPSA) is 55.4 Å². The zero-order valence-electron chi connectivity index (χ0n) is 11.0. The molecule has 1 amide bonds. The number of amides is 1. The lowest BCUT2D eigenvalue weighted by molar-refractivity contribution is -0.144. The van der Waals surface area contributed by atoms with Gasteiger partial charge in [-0.1, -0.05) is 0 Å². The van der Waals surface area contributed by atoms with Crippen LogP contribution >= 0.6 is 27.3 Å². The van der Waals surface area contributed by atoms with Gasteiger partial charge in [-0.15, -0.1) is 11.3 Å². The van der Waals surface area contributed by atoms with Gasteiger partial charge in [0.1, 0.15) is 0 Å². The Kier molecular flexibility index (Phi) is 5.75. The van der Waals surface area contributed by atoms with Gasteiger partial charge in [0.05, 0.1) is 3.79 Å². The number of halogens is 1. The molecule has 1 N–H and O–H groups in total. The number of esters is 1. The molecule has 0 unspecified atom stereocenters. The molecule has 0 saturated carbocycles. The van der Waals surface area contributed by atoms with Gasteiger partial charge in [0.25, 0.3) is 5.91 Å². The second-order valence-corrected chi connectivity index (χ2v) is 7.38. The monoisotopic (exact) mass is 345 g/mol. The Balaban J connectivity index is 2.36. The summed E-state index contributed by atoms with van der Waals surface area (Å²) >= 11 is 4.84. The SMILES string of the molecule is CC(C)(C)NC(=O)COC(=O)/C=C/c1ccc(Br)s1. The Morgan fingerprint density at radius 3 is 2.63 bits per heavy atom. The highest BCUT2D eigenvalue weighted by Crippen LogP contribution is 2.22. The van der Waals surface area contributed by atoms with Crippen molar-refractivity contribution in [1.82, 2.24) is 5.32 Å². The molecule has 0 fully saturated rings. The quantitative estimate of drug-likeness (QED) is 0.674. The number of hydrogen-bond donors (Lipinski definition) is 1. The average Bonchev–Trinajstić information content (AvgIpc) is 2.67. The second-order valence-electron chi connectivity index (χ2n) is 4.88. The number of ether oxygens (including phenoxy) is 1. The van der Waals surface area contributed by atoms with Crippen molar-refractivity contribution in [2.75, 3.05) is 6.61 Å². The maximum atomic E-state index is 11.4. The van der Waals surface area contributed by atoms with Crippen LogP contribution in [-0.2, 0) is 14.3 Å². The van der Waals surface area contributed by atoms with Crippen molar-refractivity contribution >= 4 is 45.2 Å². The molecule has 0 spiro atoms. The van der Waals surface area contributed by atoms with Gasteiger partial charge in [-0.25, -0.2) is 4.79 Å². The van der Waals surface area contributed by atoms with Crippen LogP contribution in [-0.4, -0.2) is 24.0 Å². The molecule has 0 aliphatic rings. The average molecular weight is 346 g/mol. The molecule has 4 nitrogen and oxygen atoms in total. The Morgan fingerprint density at radius 1 is 1.42 bits per heavy atom. The van der Waals surface area contributed by atoms with Crippen LogP contribution in [0.25, 0.3) is 6.08 Å². The molecule has 0 aliphatic carbocycles. The van der Waals surface area contributed by atoms with E-state index >= 15 is 0 Å².